The fourth-order valence-electron chi connectivity index (χ4n) is 1.87. The number of benzene rings is 1. The predicted molar refractivity (Wildman–Crippen MR) is 74.1 cm³/mol. The molecule has 0 bridgehead atoms. The molecule has 1 aromatic carbocycles. The van der Waals surface area contributed by atoms with Gasteiger partial charge in [0.15, 0.2) is 0 Å². The number of aliphatic carboxylic acids is 1. The van der Waals surface area contributed by atoms with Crippen LogP contribution in [0.4, 0.5) is 0 Å². The predicted octanol–water partition coefficient (Wildman–Crippen LogP) is 1.11. The third-order valence-electron chi connectivity index (χ3n) is 2.82. The van der Waals surface area contributed by atoms with Gasteiger partial charge in [-0.25, -0.2) is 0 Å². The molecule has 0 saturated carbocycles. The Morgan fingerprint density at radius 1 is 1.42 bits per heavy atom. The van der Waals surface area contributed by atoms with Gasteiger partial charge in [0.1, 0.15) is 6.04 Å². The molecule has 0 saturated heterocycles. The number of nitrogens with one attached hydrogen (secondary N) is 1. The van der Waals surface area contributed by atoms with Crippen LogP contribution in [0, 0.1) is 0 Å². The normalized spacial score (nSPS) is 12.6. The summed E-state index contributed by atoms with van der Waals surface area (Å²) < 4.78 is 5.11. The van der Waals surface area contributed by atoms with Crippen LogP contribution < -0.4 is 5.32 Å². The fraction of sp³-hybridized carbons (Fsp3) is 0.500. The molecule has 106 valence electrons. The Morgan fingerprint density at radius 3 is 2.68 bits per heavy atom. The minimum atomic E-state index is -0.873. The molecule has 0 aliphatic heterocycles. The van der Waals surface area contributed by atoms with Crippen molar-refractivity contribution in [3.63, 3.8) is 0 Å². The van der Waals surface area contributed by atoms with Gasteiger partial charge in [-0.05, 0) is 25.2 Å². The number of hydrogen-bond donors (Lipinski definition) is 2. The summed E-state index contributed by atoms with van der Waals surface area (Å²) in [6.45, 7) is 1.82. The van der Waals surface area contributed by atoms with Gasteiger partial charge >= 0.3 is 5.97 Å². The summed E-state index contributed by atoms with van der Waals surface area (Å²) in [6, 6.07) is 6.75. The molecule has 0 aliphatic rings. The lowest BCUT2D eigenvalue weighted by molar-refractivity contribution is -0.139. The number of hydrogen-bond acceptors (Lipinski definition) is 4. The zero-order chi connectivity index (χ0) is 14.3. The summed E-state index contributed by atoms with van der Waals surface area (Å²) in [6.07, 6.45) is 0. The Bertz CT molecular complexity index is 407. The molecule has 0 aromatic heterocycles. The van der Waals surface area contributed by atoms with E-state index in [0.29, 0.717) is 13.2 Å². The Morgan fingerprint density at radius 2 is 2.11 bits per heavy atom. The highest BCUT2D eigenvalue weighted by atomic mass is 16.5. The average molecular weight is 266 g/mol. The van der Waals surface area contributed by atoms with Crippen LogP contribution in [0.25, 0.3) is 0 Å². The fourth-order valence-corrected chi connectivity index (χ4v) is 1.87. The summed E-state index contributed by atoms with van der Waals surface area (Å²) in [5, 5.41) is 12.4. The second-order valence-corrected chi connectivity index (χ2v) is 4.66. The maximum absolute atomic E-state index is 11.4. The molecular formula is C14H22N2O3. The Balaban J connectivity index is 2.83. The van der Waals surface area contributed by atoms with E-state index in [-0.39, 0.29) is 0 Å². The average Bonchev–Trinajstić information content (AvgIpc) is 2.35. The van der Waals surface area contributed by atoms with E-state index in [4.69, 9.17) is 4.74 Å². The van der Waals surface area contributed by atoms with Crippen molar-refractivity contribution < 1.29 is 14.6 Å². The lowest BCUT2D eigenvalue weighted by Crippen LogP contribution is -2.34. The number of carboxylic acid groups (broad SMARTS) is 1. The number of carboxylic acids is 1. The van der Waals surface area contributed by atoms with E-state index in [1.165, 1.54) is 0 Å². The van der Waals surface area contributed by atoms with E-state index in [2.05, 4.69) is 5.32 Å². The second kappa shape index (κ2) is 7.89. The van der Waals surface area contributed by atoms with Gasteiger partial charge in [0.25, 0.3) is 0 Å². The third-order valence-corrected chi connectivity index (χ3v) is 2.82. The van der Waals surface area contributed by atoms with Gasteiger partial charge in [-0.3, -0.25) is 10.1 Å². The number of likely N-dealkylation sites (N-methyl/N-ethyl adjacent to an activating group) is 1. The molecule has 0 amide bonds. The standard InChI is InChI=1S/C14H22N2O3/c1-16(2)9-8-15-13(14(17)18)12-7-5-4-6-11(12)10-19-3/h4-7,13,15H,8-10H2,1-3H3,(H,17,18). The Kier molecular flexibility index (Phi) is 6.49. The molecule has 0 fully saturated rings. The molecule has 0 spiro atoms. The van der Waals surface area contributed by atoms with Crippen LogP contribution in [0.5, 0.6) is 0 Å². The first-order chi connectivity index (χ1) is 9.06. The van der Waals surface area contributed by atoms with E-state index in [1.807, 2.05) is 43.3 Å². The molecule has 1 unspecified atom stereocenters. The number of ether oxygens (including phenoxy) is 1. The minimum Gasteiger partial charge on any atom is -0.480 e. The zero-order valence-electron chi connectivity index (χ0n) is 11.7. The van der Waals surface area contributed by atoms with Crippen molar-refractivity contribution in [2.24, 2.45) is 0 Å². The summed E-state index contributed by atoms with van der Waals surface area (Å²) >= 11 is 0. The third kappa shape index (κ3) is 4.98. The van der Waals surface area contributed by atoms with Crippen LogP contribution in [0.1, 0.15) is 17.2 Å². The molecule has 0 heterocycles. The van der Waals surface area contributed by atoms with Crippen molar-refractivity contribution in [3.8, 4) is 0 Å². The molecular weight excluding hydrogens is 244 g/mol. The van der Waals surface area contributed by atoms with Crippen LogP contribution in [-0.2, 0) is 16.1 Å². The number of rotatable bonds is 8. The summed E-state index contributed by atoms with van der Waals surface area (Å²) in [7, 11) is 5.51. The van der Waals surface area contributed by atoms with Gasteiger partial charge in [0.05, 0.1) is 6.61 Å². The van der Waals surface area contributed by atoms with Crippen molar-refractivity contribution >= 4 is 5.97 Å². The molecule has 1 rings (SSSR count). The van der Waals surface area contributed by atoms with Crippen molar-refractivity contribution in [2.45, 2.75) is 12.6 Å². The monoisotopic (exact) mass is 266 g/mol. The first-order valence-corrected chi connectivity index (χ1v) is 6.24. The van der Waals surface area contributed by atoms with E-state index in [0.717, 1.165) is 17.7 Å². The Labute approximate surface area is 114 Å². The van der Waals surface area contributed by atoms with Crippen LogP contribution in [0.2, 0.25) is 0 Å². The maximum Gasteiger partial charge on any atom is 0.325 e. The van der Waals surface area contributed by atoms with Gasteiger partial charge < -0.3 is 14.7 Å². The SMILES string of the molecule is COCc1ccccc1C(NCCN(C)C)C(=O)O. The largest absolute Gasteiger partial charge is 0.480 e. The molecule has 1 atom stereocenters. The van der Waals surface area contributed by atoms with E-state index in [1.54, 1.807) is 7.11 Å². The van der Waals surface area contributed by atoms with Crippen molar-refractivity contribution in [1.82, 2.24) is 10.2 Å². The van der Waals surface area contributed by atoms with Gasteiger partial charge in [-0.1, -0.05) is 24.3 Å². The second-order valence-electron chi connectivity index (χ2n) is 4.66. The number of methoxy groups -OCH3 is 1. The van der Waals surface area contributed by atoms with Crippen LogP contribution >= 0.6 is 0 Å². The lowest BCUT2D eigenvalue weighted by atomic mass is 10.0. The first kappa shape index (κ1) is 15.6. The molecule has 19 heavy (non-hydrogen) atoms. The molecule has 0 radical (unpaired) electrons. The van der Waals surface area contributed by atoms with Gasteiger partial charge in [-0.15, -0.1) is 0 Å². The van der Waals surface area contributed by atoms with Crippen molar-refractivity contribution in [3.05, 3.63) is 35.4 Å². The van der Waals surface area contributed by atoms with Gasteiger partial charge in [0.2, 0.25) is 0 Å². The van der Waals surface area contributed by atoms with Crippen molar-refractivity contribution in [1.29, 1.82) is 0 Å². The highest BCUT2D eigenvalue weighted by molar-refractivity contribution is 5.76. The summed E-state index contributed by atoms with van der Waals surface area (Å²) in [5.41, 5.74) is 1.66. The van der Waals surface area contributed by atoms with E-state index < -0.39 is 12.0 Å². The lowest BCUT2D eigenvalue weighted by Gasteiger charge is -2.19. The topological polar surface area (TPSA) is 61.8 Å². The molecule has 2 N–H and O–H groups in total. The minimum absolute atomic E-state index is 0.412. The molecule has 1 aromatic rings. The summed E-state index contributed by atoms with van der Waals surface area (Å²) in [4.78, 5) is 13.4. The van der Waals surface area contributed by atoms with Gasteiger partial charge in [-0.2, -0.15) is 0 Å². The van der Waals surface area contributed by atoms with Crippen LogP contribution in [0.3, 0.4) is 0 Å². The number of carbonyl (C=O) groups is 1. The zero-order valence-corrected chi connectivity index (χ0v) is 11.7. The molecule has 5 nitrogen and oxygen atoms in total. The van der Waals surface area contributed by atoms with Crippen LogP contribution in [-0.4, -0.2) is 50.3 Å². The maximum atomic E-state index is 11.4. The first-order valence-electron chi connectivity index (χ1n) is 6.24. The number of nitrogens with zero attached hydrogens (tertiary/aromatic N) is 1. The highest BCUT2D eigenvalue weighted by Crippen LogP contribution is 2.19. The molecule has 0 aliphatic carbocycles. The van der Waals surface area contributed by atoms with Crippen molar-refractivity contribution in [2.75, 3.05) is 34.3 Å². The highest BCUT2D eigenvalue weighted by Gasteiger charge is 2.21. The van der Waals surface area contributed by atoms with Gasteiger partial charge in [0, 0.05) is 20.2 Å². The Hall–Kier alpha value is -1.43. The smallest absolute Gasteiger partial charge is 0.325 e. The van der Waals surface area contributed by atoms with E-state index >= 15 is 0 Å². The van der Waals surface area contributed by atoms with E-state index in [9.17, 15) is 9.90 Å². The quantitative estimate of drug-likeness (QED) is 0.738. The van der Waals surface area contributed by atoms with Crippen LogP contribution in [0.15, 0.2) is 24.3 Å². The molecule has 5 heteroatoms. The summed E-state index contributed by atoms with van der Waals surface area (Å²) in [5.74, 6) is -0.873.